The lowest BCUT2D eigenvalue weighted by Gasteiger charge is -2.15. The Morgan fingerprint density at radius 1 is 1.32 bits per heavy atom. The number of nitrogen functional groups attached to an aromatic ring is 1. The first kappa shape index (κ1) is 14.3. The first-order valence-corrected chi connectivity index (χ1v) is 8.05. The Hall–Kier alpha value is -1.11. The van der Waals surface area contributed by atoms with E-state index in [0.29, 0.717) is 12.2 Å². The third-order valence-electron chi connectivity index (χ3n) is 3.48. The summed E-state index contributed by atoms with van der Waals surface area (Å²) in [7, 11) is -3.45. The number of nitrogens with one attached hydrogen (secondary N) is 1. The summed E-state index contributed by atoms with van der Waals surface area (Å²) < 4.78 is 26.8. The SMILES string of the molecule is Cc1ccc(S(=O)(=O)NCCN2CCCC2)cc1N. The molecular formula is C13H21N3O2S. The Bertz CT molecular complexity index is 537. The Morgan fingerprint density at radius 2 is 2.00 bits per heavy atom. The molecule has 1 aliphatic heterocycles. The maximum absolute atomic E-state index is 12.1. The fraction of sp³-hybridized carbons (Fsp3) is 0.538. The van der Waals surface area contributed by atoms with Crippen LogP contribution in [0.2, 0.25) is 0 Å². The summed E-state index contributed by atoms with van der Waals surface area (Å²) in [6, 6.07) is 4.82. The number of rotatable bonds is 5. The van der Waals surface area contributed by atoms with Gasteiger partial charge in [-0.3, -0.25) is 0 Å². The highest BCUT2D eigenvalue weighted by atomic mass is 32.2. The van der Waals surface area contributed by atoms with E-state index in [0.717, 1.165) is 25.2 Å². The number of benzene rings is 1. The zero-order chi connectivity index (χ0) is 13.9. The minimum absolute atomic E-state index is 0.233. The van der Waals surface area contributed by atoms with E-state index in [-0.39, 0.29) is 4.90 Å². The quantitative estimate of drug-likeness (QED) is 0.789. The number of hydrogen-bond acceptors (Lipinski definition) is 4. The number of aryl methyl sites for hydroxylation is 1. The lowest BCUT2D eigenvalue weighted by molar-refractivity contribution is 0.344. The van der Waals surface area contributed by atoms with E-state index in [1.165, 1.54) is 18.9 Å². The Labute approximate surface area is 114 Å². The topological polar surface area (TPSA) is 75.4 Å². The van der Waals surface area contributed by atoms with Crippen LogP contribution in [-0.4, -0.2) is 39.5 Å². The van der Waals surface area contributed by atoms with Gasteiger partial charge in [-0.1, -0.05) is 6.07 Å². The molecule has 0 saturated carbocycles. The van der Waals surface area contributed by atoms with Crippen LogP contribution in [0.15, 0.2) is 23.1 Å². The predicted octanol–water partition coefficient (Wildman–Crippen LogP) is 0.951. The summed E-state index contributed by atoms with van der Waals surface area (Å²) in [6.45, 7) is 5.20. The summed E-state index contributed by atoms with van der Waals surface area (Å²) in [5.74, 6) is 0. The van der Waals surface area contributed by atoms with Gasteiger partial charge < -0.3 is 10.6 Å². The van der Waals surface area contributed by atoms with E-state index in [9.17, 15) is 8.42 Å². The fourth-order valence-electron chi connectivity index (χ4n) is 2.21. The minimum atomic E-state index is -3.45. The Morgan fingerprint density at radius 3 is 2.63 bits per heavy atom. The van der Waals surface area contributed by atoms with Crippen molar-refractivity contribution < 1.29 is 8.42 Å². The molecule has 1 saturated heterocycles. The number of nitrogens with two attached hydrogens (primary N) is 1. The van der Waals surface area contributed by atoms with Crippen LogP contribution >= 0.6 is 0 Å². The second kappa shape index (κ2) is 5.90. The molecule has 106 valence electrons. The molecule has 0 aromatic heterocycles. The zero-order valence-corrected chi connectivity index (χ0v) is 12.0. The van der Waals surface area contributed by atoms with Crippen LogP contribution in [0.1, 0.15) is 18.4 Å². The average Bonchev–Trinajstić information content (AvgIpc) is 2.85. The standard InChI is InChI=1S/C13H21N3O2S/c1-11-4-5-12(10-13(11)14)19(17,18)15-6-9-16-7-2-3-8-16/h4-5,10,15H,2-3,6-9,14H2,1H3. The molecule has 0 spiro atoms. The van der Waals surface area contributed by atoms with E-state index in [1.807, 2.05) is 6.92 Å². The summed E-state index contributed by atoms with van der Waals surface area (Å²) in [5, 5.41) is 0. The number of likely N-dealkylation sites (tertiary alicyclic amines) is 1. The zero-order valence-electron chi connectivity index (χ0n) is 11.2. The molecule has 1 aliphatic rings. The molecule has 5 nitrogen and oxygen atoms in total. The molecule has 0 amide bonds. The number of anilines is 1. The molecule has 1 heterocycles. The van der Waals surface area contributed by atoms with Gasteiger partial charge in [0.15, 0.2) is 0 Å². The highest BCUT2D eigenvalue weighted by Gasteiger charge is 2.16. The van der Waals surface area contributed by atoms with E-state index >= 15 is 0 Å². The molecule has 1 fully saturated rings. The molecule has 3 N–H and O–H groups in total. The molecule has 2 rings (SSSR count). The third-order valence-corrected chi connectivity index (χ3v) is 4.94. The summed E-state index contributed by atoms with van der Waals surface area (Å²) >= 11 is 0. The van der Waals surface area contributed by atoms with Crippen molar-refractivity contribution in [1.82, 2.24) is 9.62 Å². The van der Waals surface area contributed by atoms with Crippen molar-refractivity contribution >= 4 is 15.7 Å². The second-order valence-electron chi connectivity index (χ2n) is 4.96. The maximum Gasteiger partial charge on any atom is 0.240 e. The van der Waals surface area contributed by atoms with Crippen LogP contribution in [0.3, 0.4) is 0 Å². The van der Waals surface area contributed by atoms with Gasteiger partial charge in [-0.2, -0.15) is 0 Å². The van der Waals surface area contributed by atoms with Gasteiger partial charge in [0.25, 0.3) is 0 Å². The second-order valence-corrected chi connectivity index (χ2v) is 6.73. The van der Waals surface area contributed by atoms with E-state index in [1.54, 1.807) is 12.1 Å². The predicted molar refractivity (Wildman–Crippen MR) is 76.5 cm³/mol. The molecule has 0 unspecified atom stereocenters. The lowest BCUT2D eigenvalue weighted by Crippen LogP contribution is -2.33. The Kier molecular flexibility index (Phi) is 4.44. The molecule has 0 radical (unpaired) electrons. The van der Waals surface area contributed by atoms with E-state index in [4.69, 9.17) is 5.73 Å². The van der Waals surface area contributed by atoms with Crippen molar-refractivity contribution in [2.45, 2.75) is 24.7 Å². The normalized spacial score (nSPS) is 16.9. The van der Waals surface area contributed by atoms with Gasteiger partial charge in [-0.05, 0) is 50.6 Å². The van der Waals surface area contributed by atoms with Gasteiger partial charge in [-0.15, -0.1) is 0 Å². The summed E-state index contributed by atoms with van der Waals surface area (Å²) in [4.78, 5) is 2.50. The largest absolute Gasteiger partial charge is 0.398 e. The summed E-state index contributed by atoms with van der Waals surface area (Å²) in [5.41, 5.74) is 7.13. The van der Waals surface area contributed by atoms with Gasteiger partial charge in [0, 0.05) is 18.8 Å². The van der Waals surface area contributed by atoms with Crippen molar-refractivity contribution in [3.63, 3.8) is 0 Å². The van der Waals surface area contributed by atoms with Crippen molar-refractivity contribution in [3.05, 3.63) is 23.8 Å². The van der Waals surface area contributed by atoms with Crippen molar-refractivity contribution in [2.24, 2.45) is 0 Å². The first-order valence-electron chi connectivity index (χ1n) is 6.57. The lowest BCUT2D eigenvalue weighted by atomic mass is 10.2. The molecular weight excluding hydrogens is 262 g/mol. The third kappa shape index (κ3) is 3.68. The first-order chi connectivity index (χ1) is 8.99. The van der Waals surface area contributed by atoms with Crippen LogP contribution in [0.4, 0.5) is 5.69 Å². The molecule has 0 bridgehead atoms. The Balaban J connectivity index is 1.95. The van der Waals surface area contributed by atoms with Crippen molar-refractivity contribution in [3.8, 4) is 0 Å². The summed E-state index contributed by atoms with van der Waals surface area (Å²) in [6.07, 6.45) is 2.42. The fourth-order valence-corrected chi connectivity index (χ4v) is 3.27. The van der Waals surface area contributed by atoms with Gasteiger partial charge >= 0.3 is 0 Å². The smallest absolute Gasteiger partial charge is 0.240 e. The van der Waals surface area contributed by atoms with Crippen LogP contribution in [0.5, 0.6) is 0 Å². The molecule has 19 heavy (non-hydrogen) atoms. The number of nitrogens with zero attached hydrogens (tertiary/aromatic N) is 1. The maximum atomic E-state index is 12.1. The monoisotopic (exact) mass is 283 g/mol. The van der Waals surface area contributed by atoms with Crippen LogP contribution in [0.25, 0.3) is 0 Å². The molecule has 0 atom stereocenters. The number of sulfonamides is 1. The highest BCUT2D eigenvalue weighted by molar-refractivity contribution is 7.89. The molecule has 1 aromatic carbocycles. The van der Waals surface area contributed by atoms with Crippen LogP contribution in [-0.2, 0) is 10.0 Å². The molecule has 1 aromatic rings. The van der Waals surface area contributed by atoms with Gasteiger partial charge in [0.1, 0.15) is 0 Å². The van der Waals surface area contributed by atoms with E-state index < -0.39 is 10.0 Å². The van der Waals surface area contributed by atoms with Crippen LogP contribution in [0, 0.1) is 6.92 Å². The van der Waals surface area contributed by atoms with Gasteiger partial charge in [-0.25, -0.2) is 13.1 Å². The molecule has 0 aliphatic carbocycles. The minimum Gasteiger partial charge on any atom is -0.398 e. The van der Waals surface area contributed by atoms with Crippen LogP contribution < -0.4 is 10.5 Å². The van der Waals surface area contributed by atoms with E-state index in [2.05, 4.69) is 9.62 Å². The van der Waals surface area contributed by atoms with Crippen molar-refractivity contribution in [1.29, 1.82) is 0 Å². The highest BCUT2D eigenvalue weighted by Crippen LogP contribution is 2.16. The van der Waals surface area contributed by atoms with Gasteiger partial charge in [0.05, 0.1) is 4.90 Å². The van der Waals surface area contributed by atoms with Gasteiger partial charge in [0.2, 0.25) is 10.0 Å². The average molecular weight is 283 g/mol. The van der Waals surface area contributed by atoms with Crippen molar-refractivity contribution in [2.75, 3.05) is 31.9 Å². The number of hydrogen-bond donors (Lipinski definition) is 2. The molecule has 6 heteroatoms.